The van der Waals surface area contributed by atoms with Gasteiger partial charge in [0.2, 0.25) is 5.95 Å². The monoisotopic (exact) mass is 429 g/mol. The molecule has 0 radical (unpaired) electrons. The van der Waals surface area contributed by atoms with Gasteiger partial charge in [-0.2, -0.15) is 4.98 Å². The second-order valence-electron chi connectivity index (χ2n) is 7.50. The third kappa shape index (κ3) is 4.05. The van der Waals surface area contributed by atoms with Crippen LogP contribution >= 0.6 is 0 Å². The molecule has 164 valence electrons. The van der Waals surface area contributed by atoms with Crippen molar-refractivity contribution in [2.75, 3.05) is 51.0 Å². The first kappa shape index (κ1) is 21.0. The van der Waals surface area contributed by atoms with Gasteiger partial charge in [-0.05, 0) is 19.1 Å². The Bertz CT molecular complexity index is 1100. The van der Waals surface area contributed by atoms with E-state index >= 15 is 0 Å². The molecule has 1 aromatic heterocycles. The molecule has 0 amide bonds. The Morgan fingerprint density at radius 1 is 0.968 bits per heavy atom. The van der Waals surface area contributed by atoms with E-state index in [1.165, 1.54) is 12.1 Å². The van der Waals surface area contributed by atoms with Crippen molar-refractivity contribution in [1.29, 1.82) is 0 Å². The van der Waals surface area contributed by atoms with Crippen LogP contribution in [0.2, 0.25) is 0 Å². The van der Waals surface area contributed by atoms with E-state index in [4.69, 9.17) is 15.2 Å². The number of methoxy groups -OCH3 is 2. The molecule has 2 N–H and O–H groups in total. The standard InChI is InChI=1S/C22H25F2N5O2/c1-13(15-5-4-14(23)10-17(15)24)28-6-8-29(9-7-28)22-26-18-12-20(31-3)19(30-2)11-16(18)21(25)27-22/h4-5,10-13H,6-9H2,1-3H3,(H2,25,26,27). The van der Waals surface area contributed by atoms with Crippen LogP contribution in [0.3, 0.4) is 0 Å². The summed E-state index contributed by atoms with van der Waals surface area (Å²) in [6.45, 7) is 4.61. The average molecular weight is 429 g/mol. The highest BCUT2D eigenvalue weighted by atomic mass is 19.1. The van der Waals surface area contributed by atoms with Crippen molar-refractivity contribution in [2.24, 2.45) is 0 Å². The van der Waals surface area contributed by atoms with Gasteiger partial charge in [0.25, 0.3) is 0 Å². The van der Waals surface area contributed by atoms with E-state index in [-0.39, 0.29) is 6.04 Å². The summed E-state index contributed by atoms with van der Waals surface area (Å²) < 4.78 is 38.1. The first-order valence-electron chi connectivity index (χ1n) is 10.0. The van der Waals surface area contributed by atoms with Gasteiger partial charge in [0.15, 0.2) is 11.5 Å². The highest BCUT2D eigenvalue weighted by Crippen LogP contribution is 2.34. The Labute approximate surface area is 179 Å². The van der Waals surface area contributed by atoms with Gasteiger partial charge >= 0.3 is 0 Å². The van der Waals surface area contributed by atoms with Crippen LogP contribution in [-0.2, 0) is 0 Å². The molecule has 1 unspecified atom stereocenters. The largest absolute Gasteiger partial charge is 0.493 e. The second-order valence-corrected chi connectivity index (χ2v) is 7.50. The lowest BCUT2D eigenvalue weighted by Crippen LogP contribution is -2.47. The molecule has 2 heterocycles. The quantitative estimate of drug-likeness (QED) is 0.666. The van der Waals surface area contributed by atoms with Gasteiger partial charge in [-0.25, -0.2) is 13.8 Å². The number of ether oxygens (including phenoxy) is 2. The number of hydrogen-bond donors (Lipinski definition) is 1. The first-order chi connectivity index (χ1) is 14.9. The number of piperazine rings is 1. The van der Waals surface area contributed by atoms with E-state index in [1.807, 2.05) is 6.92 Å². The van der Waals surface area contributed by atoms with E-state index in [1.54, 1.807) is 26.4 Å². The Morgan fingerprint density at radius 2 is 1.65 bits per heavy atom. The normalized spacial score (nSPS) is 15.8. The smallest absolute Gasteiger partial charge is 0.227 e. The fraction of sp³-hybridized carbons (Fsp3) is 0.364. The molecule has 2 aromatic carbocycles. The molecule has 1 saturated heterocycles. The number of nitrogens with zero attached hydrogens (tertiary/aromatic N) is 4. The van der Waals surface area contributed by atoms with Gasteiger partial charge in [0, 0.05) is 55.3 Å². The fourth-order valence-electron chi connectivity index (χ4n) is 3.95. The Balaban J connectivity index is 1.53. The topological polar surface area (TPSA) is 76.7 Å². The van der Waals surface area contributed by atoms with Crippen molar-refractivity contribution >= 4 is 22.7 Å². The van der Waals surface area contributed by atoms with Crippen molar-refractivity contribution in [1.82, 2.24) is 14.9 Å². The number of nitrogens with two attached hydrogens (primary N) is 1. The van der Waals surface area contributed by atoms with Crippen molar-refractivity contribution in [2.45, 2.75) is 13.0 Å². The highest BCUT2D eigenvalue weighted by molar-refractivity contribution is 5.91. The predicted octanol–water partition coefficient (Wildman–Crippen LogP) is 3.39. The number of fused-ring (bicyclic) bond motifs is 1. The second kappa shape index (κ2) is 8.50. The summed E-state index contributed by atoms with van der Waals surface area (Å²) >= 11 is 0. The molecule has 1 aliphatic rings. The SMILES string of the molecule is COc1cc2nc(N3CCN(C(C)c4ccc(F)cc4F)CC3)nc(N)c2cc1OC. The van der Waals surface area contributed by atoms with Crippen LogP contribution in [0.5, 0.6) is 11.5 Å². The third-order valence-electron chi connectivity index (χ3n) is 5.78. The number of benzene rings is 2. The van der Waals surface area contributed by atoms with Gasteiger partial charge < -0.3 is 20.1 Å². The Morgan fingerprint density at radius 3 is 2.29 bits per heavy atom. The molecule has 0 bridgehead atoms. The zero-order valence-electron chi connectivity index (χ0n) is 17.7. The Hall–Kier alpha value is -3.20. The van der Waals surface area contributed by atoms with Crippen molar-refractivity contribution < 1.29 is 18.3 Å². The summed E-state index contributed by atoms with van der Waals surface area (Å²) in [4.78, 5) is 13.4. The van der Waals surface area contributed by atoms with Crippen LogP contribution in [0.15, 0.2) is 30.3 Å². The number of rotatable bonds is 5. The molecule has 31 heavy (non-hydrogen) atoms. The summed E-state index contributed by atoms with van der Waals surface area (Å²) in [7, 11) is 3.13. The van der Waals surface area contributed by atoms with Crippen LogP contribution < -0.4 is 20.1 Å². The van der Waals surface area contributed by atoms with E-state index < -0.39 is 11.6 Å². The molecule has 7 nitrogen and oxygen atoms in total. The highest BCUT2D eigenvalue weighted by Gasteiger charge is 2.26. The average Bonchev–Trinajstić information content (AvgIpc) is 2.78. The molecule has 1 aliphatic heterocycles. The first-order valence-corrected chi connectivity index (χ1v) is 10.0. The maximum atomic E-state index is 14.2. The van der Waals surface area contributed by atoms with Crippen LogP contribution in [0.4, 0.5) is 20.5 Å². The summed E-state index contributed by atoms with van der Waals surface area (Å²) in [5.74, 6) is 0.943. The predicted molar refractivity (Wildman–Crippen MR) is 116 cm³/mol. The van der Waals surface area contributed by atoms with Gasteiger partial charge in [-0.15, -0.1) is 0 Å². The molecular formula is C22H25F2N5O2. The number of anilines is 2. The molecule has 3 aromatic rings. The van der Waals surface area contributed by atoms with Crippen molar-refractivity contribution in [3.05, 3.63) is 47.5 Å². The molecule has 0 saturated carbocycles. The van der Waals surface area contributed by atoms with Gasteiger partial charge in [-0.1, -0.05) is 6.07 Å². The maximum absolute atomic E-state index is 14.2. The molecule has 0 spiro atoms. The fourth-order valence-corrected chi connectivity index (χ4v) is 3.95. The summed E-state index contributed by atoms with van der Waals surface area (Å²) in [5, 5.41) is 0.695. The summed E-state index contributed by atoms with van der Waals surface area (Å²) in [6, 6.07) is 7.12. The molecule has 1 fully saturated rings. The number of hydrogen-bond acceptors (Lipinski definition) is 7. The van der Waals surface area contributed by atoms with Crippen LogP contribution in [-0.4, -0.2) is 55.3 Å². The third-order valence-corrected chi connectivity index (χ3v) is 5.78. The number of nitrogen functional groups attached to an aromatic ring is 1. The minimum atomic E-state index is -0.571. The molecular weight excluding hydrogens is 404 g/mol. The zero-order chi connectivity index (χ0) is 22.1. The zero-order valence-corrected chi connectivity index (χ0v) is 17.7. The van der Waals surface area contributed by atoms with Crippen LogP contribution in [0, 0.1) is 11.6 Å². The van der Waals surface area contributed by atoms with Crippen molar-refractivity contribution in [3.63, 3.8) is 0 Å². The van der Waals surface area contributed by atoms with Gasteiger partial charge in [0.1, 0.15) is 17.5 Å². The van der Waals surface area contributed by atoms with Crippen LogP contribution in [0.25, 0.3) is 10.9 Å². The van der Waals surface area contributed by atoms with Gasteiger partial charge in [0.05, 0.1) is 19.7 Å². The van der Waals surface area contributed by atoms with Crippen molar-refractivity contribution in [3.8, 4) is 11.5 Å². The Kier molecular flexibility index (Phi) is 5.77. The molecule has 9 heteroatoms. The van der Waals surface area contributed by atoms with Crippen LogP contribution in [0.1, 0.15) is 18.5 Å². The van der Waals surface area contributed by atoms with E-state index in [9.17, 15) is 8.78 Å². The summed E-state index contributed by atoms with van der Waals surface area (Å²) in [5.41, 5.74) is 7.36. The number of aromatic nitrogens is 2. The molecule has 1 atom stereocenters. The van der Waals surface area contributed by atoms with Gasteiger partial charge in [-0.3, -0.25) is 4.90 Å². The molecule has 0 aliphatic carbocycles. The lowest BCUT2D eigenvalue weighted by molar-refractivity contribution is 0.194. The number of halogens is 2. The maximum Gasteiger partial charge on any atom is 0.227 e. The van der Waals surface area contributed by atoms with E-state index in [0.29, 0.717) is 65.9 Å². The van der Waals surface area contributed by atoms with E-state index in [2.05, 4.69) is 19.8 Å². The lowest BCUT2D eigenvalue weighted by atomic mass is 10.1. The summed E-state index contributed by atoms with van der Waals surface area (Å²) in [6.07, 6.45) is 0. The minimum Gasteiger partial charge on any atom is -0.493 e. The molecule has 4 rings (SSSR count). The lowest BCUT2D eigenvalue weighted by Gasteiger charge is -2.38. The van der Waals surface area contributed by atoms with E-state index in [0.717, 1.165) is 6.07 Å². The minimum absolute atomic E-state index is 0.165.